The van der Waals surface area contributed by atoms with Crippen molar-refractivity contribution >= 4 is 0 Å². The van der Waals surface area contributed by atoms with Gasteiger partial charge in [0, 0.05) is 0 Å². The molecule has 0 N–H and O–H groups in total. The minimum atomic E-state index is 1.05. The Balaban J connectivity index is 1.55. The average Bonchev–Trinajstić information content (AvgIpc) is 3.42. The van der Waals surface area contributed by atoms with Crippen LogP contribution in [0.3, 0.4) is 0 Å². The van der Waals surface area contributed by atoms with Crippen LogP contribution in [0.2, 0.25) is 0 Å². The summed E-state index contributed by atoms with van der Waals surface area (Å²) >= 11 is 0. The first-order chi connectivity index (χ1) is 21.8. The third kappa shape index (κ3) is 20.5. The molecular formula is C42H75N2+. The zero-order chi connectivity index (χ0) is 31.2. The molecule has 0 atom stereocenters. The third-order valence-corrected chi connectivity index (χ3v) is 9.80. The highest BCUT2D eigenvalue weighted by atomic mass is 15.1. The van der Waals surface area contributed by atoms with Crippen LogP contribution in [0.25, 0.3) is 0 Å². The molecule has 0 saturated carbocycles. The molecule has 1 aromatic heterocycles. The minimum Gasteiger partial charge on any atom is -0.234 e. The minimum absolute atomic E-state index is 1.05. The molecule has 0 aliphatic carbocycles. The van der Waals surface area contributed by atoms with Crippen molar-refractivity contribution in [1.29, 1.82) is 0 Å². The molecule has 44 heavy (non-hydrogen) atoms. The van der Waals surface area contributed by atoms with Crippen molar-refractivity contribution < 1.29 is 4.57 Å². The van der Waals surface area contributed by atoms with Crippen LogP contribution in [0.5, 0.6) is 0 Å². The summed E-state index contributed by atoms with van der Waals surface area (Å²) in [6.45, 7) is 6.96. The number of aryl methyl sites for hydroxylation is 2. The maximum absolute atomic E-state index is 2.57. The Morgan fingerprint density at radius 3 is 1.27 bits per heavy atom. The van der Waals surface area contributed by atoms with Crippen LogP contribution in [0.4, 0.5) is 0 Å². The molecule has 0 aliphatic heterocycles. The van der Waals surface area contributed by atoms with Gasteiger partial charge < -0.3 is 0 Å². The standard InChI is InChI=1S/C42H75N2/c1-3-5-7-9-11-13-15-16-17-18-19-20-22-24-26-28-33-37-44-39-38-43(42(44)40-41-34-30-29-31-35-41)36-32-27-25-23-21-14-12-10-8-6-4-2/h29-31,34-35,38-39H,3-28,32-33,36-37,40H2,1-2H3/q+1. The molecule has 1 heterocycles. The van der Waals surface area contributed by atoms with Crippen molar-refractivity contribution in [2.24, 2.45) is 0 Å². The van der Waals surface area contributed by atoms with E-state index in [1.165, 1.54) is 204 Å². The van der Waals surface area contributed by atoms with Gasteiger partial charge in [-0.15, -0.1) is 0 Å². The highest BCUT2D eigenvalue weighted by Crippen LogP contribution is 2.16. The maximum Gasteiger partial charge on any atom is 0.260 e. The molecule has 2 heteroatoms. The summed E-state index contributed by atoms with van der Waals surface area (Å²) < 4.78 is 5.13. The van der Waals surface area contributed by atoms with Gasteiger partial charge in [-0.05, 0) is 31.2 Å². The summed E-state index contributed by atoms with van der Waals surface area (Å²) in [6.07, 6.45) is 45.7. The van der Waals surface area contributed by atoms with E-state index in [1.807, 2.05) is 0 Å². The molecule has 2 aromatic rings. The van der Waals surface area contributed by atoms with Crippen molar-refractivity contribution in [3.05, 3.63) is 54.1 Å². The van der Waals surface area contributed by atoms with Crippen molar-refractivity contribution in [3.63, 3.8) is 0 Å². The van der Waals surface area contributed by atoms with E-state index in [1.54, 1.807) is 0 Å². The van der Waals surface area contributed by atoms with E-state index in [2.05, 4.69) is 65.7 Å². The number of nitrogens with zero attached hydrogens (tertiary/aromatic N) is 2. The largest absolute Gasteiger partial charge is 0.260 e. The second-order valence-electron chi connectivity index (χ2n) is 14.0. The number of rotatable bonds is 32. The predicted molar refractivity (Wildman–Crippen MR) is 194 cm³/mol. The van der Waals surface area contributed by atoms with Gasteiger partial charge in [-0.2, -0.15) is 0 Å². The number of hydrogen-bond acceptors (Lipinski definition) is 0. The monoisotopic (exact) mass is 608 g/mol. The van der Waals surface area contributed by atoms with Gasteiger partial charge in [0.25, 0.3) is 5.82 Å². The van der Waals surface area contributed by atoms with E-state index in [0.29, 0.717) is 0 Å². The summed E-state index contributed by atoms with van der Waals surface area (Å²) in [6, 6.07) is 11.1. The Morgan fingerprint density at radius 2 is 0.841 bits per heavy atom. The number of imidazole rings is 1. The van der Waals surface area contributed by atoms with Crippen molar-refractivity contribution in [2.75, 3.05) is 0 Å². The zero-order valence-electron chi connectivity index (χ0n) is 29.9. The van der Waals surface area contributed by atoms with Gasteiger partial charge in [0.05, 0.1) is 19.5 Å². The number of aromatic nitrogens is 2. The molecule has 0 amide bonds. The smallest absolute Gasteiger partial charge is 0.234 e. The SMILES string of the molecule is CCCCCCCCCCCCCCCCCCCn1cc[n+](CCCCCCCCCCCCC)c1Cc1ccccc1. The van der Waals surface area contributed by atoms with Crippen molar-refractivity contribution in [2.45, 2.75) is 213 Å². The molecule has 252 valence electrons. The molecule has 2 rings (SSSR count). The Morgan fingerprint density at radius 1 is 0.455 bits per heavy atom. The van der Waals surface area contributed by atoms with Gasteiger partial charge >= 0.3 is 0 Å². The normalized spacial score (nSPS) is 11.5. The molecule has 0 fully saturated rings. The Bertz CT molecular complexity index is 854. The fraction of sp³-hybridized carbons (Fsp3) is 0.786. The van der Waals surface area contributed by atoms with Crippen LogP contribution in [0.15, 0.2) is 42.7 Å². The highest BCUT2D eigenvalue weighted by Gasteiger charge is 2.17. The number of benzene rings is 1. The van der Waals surface area contributed by atoms with Crippen LogP contribution in [-0.2, 0) is 19.5 Å². The topological polar surface area (TPSA) is 8.81 Å². The second-order valence-corrected chi connectivity index (χ2v) is 14.0. The van der Waals surface area contributed by atoms with Gasteiger partial charge in [-0.1, -0.05) is 198 Å². The highest BCUT2D eigenvalue weighted by molar-refractivity contribution is 5.18. The summed E-state index contributed by atoms with van der Waals surface area (Å²) in [7, 11) is 0. The van der Waals surface area contributed by atoms with Gasteiger partial charge in [-0.25, -0.2) is 9.13 Å². The first kappa shape index (κ1) is 38.6. The molecule has 0 bridgehead atoms. The van der Waals surface area contributed by atoms with Crippen LogP contribution in [0, 0.1) is 0 Å². The molecular weight excluding hydrogens is 532 g/mol. The molecule has 0 spiro atoms. The van der Waals surface area contributed by atoms with Crippen LogP contribution < -0.4 is 4.57 Å². The van der Waals surface area contributed by atoms with E-state index in [9.17, 15) is 0 Å². The van der Waals surface area contributed by atoms with E-state index in [0.717, 1.165) is 6.42 Å². The second kappa shape index (κ2) is 28.9. The third-order valence-electron chi connectivity index (χ3n) is 9.80. The summed E-state index contributed by atoms with van der Waals surface area (Å²) in [5, 5.41) is 0. The first-order valence-corrected chi connectivity index (χ1v) is 20.0. The lowest BCUT2D eigenvalue weighted by molar-refractivity contribution is -0.703. The zero-order valence-corrected chi connectivity index (χ0v) is 29.9. The van der Waals surface area contributed by atoms with Gasteiger partial charge in [-0.3, -0.25) is 0 Å². The van der Waals surface area contributed by atoms with Gasteiger partial charge in [0.15, 0.2) is 0 Å². The maximum atomic E-state index is 2.57. The van der Waals surface area contributed by atoms with E-state index in [4.69, 9.17) is 0 Å². The number of unbranched alkanes of at least 4 members (excludes halogenated alkanes) is 26. The summed E-state index contributed by atoms with van der Waals surface area (Å²) in [5.41, 5.74) is 1.43. The Kier molecular flexibility index (Phi) is 25.3. The summed E-state index contributed by atoms with van der Waals surface area (Å²) in [4.78, 5) is 0. The quantitative estimate of drug-likeness (QED) is 0.0578. The molecule has 1 aromatic carbocycles. The predicted octanol–water partition coefficient (Wildman–Crippen LogP) is 13.3. The molecule has 0 aliphatic rings. The van der Waals surface area contributed by atoms with Gasteiger partial charge in [0.2, 0.25) is 0 Å². The van der Waals surface area contributed by atoms with Crippen LogP contribution in [0.1, 0.15) is 205 Å². The average molecular weight is 608 g/mol. The molecule has 0 saturated heterocycles. The lowest BCUT2D eigenvalue weighted by Gasteiger charge is -2.07. The van der Waals surface area contributed by atoms with Crippen LogP contribution >= 0.6 is 0 Å². The Labute approximate surface area is 275 Å². The molecule has 0 radical (unpaired) electrons. The molecule has 0 unspecified atom stereocenters. The van der Waals surface area contributed by atoms with E-state index < -0.39 is 0 Å². The number of hydrogen-bond donors (Lipinski definition) is 0. The van der Waals surface area contributed by atoms with E-state index in [-0.39, 0.29) is 0 Å². The van der Waals surface area contributed by atoms with Gasteiger partial charge in [0.1, 0.15) is 12.4 Å². The Hall–Kier alpha value is -1.57. The lowest BCUT2D eigenvalue weighted by Crippen LogP contribution is -2.37. The summed E-state index contributed by atoms with van der Waals surface area (Å²) in [5.74, 6) is 1.50. The lowest BCUT2D eigenvalue weighted by atomic mass is 10.0. The van der Waals surface area contributed by atoms with Crippen molar-refractivity contribution in [1.82, 2.24) is 4.57 Å². The van der Waals surface area contributed by atoms with Crippen molar-refractivity contribution in [3.8, 4) is 0 Å². The first-order valence-electron chi connectivity index (χ1n) is 20.0. The fourth-order valence-electron chi connectivity index (χ4n) is 6.84. The van der Waals surface area contributed by atoms with E-state index >= 15 is 0 Å². The fourth-order valence-corrected chi connectivity index (χ4v) is 6.84. The molecule has 2 nitrogen and oxygen atoms in total. The van der Waals surface area contributed by atoms with Crippen LogP contribution in [-0.4, -0.2) is 4.57 Å².